The summed E-state index contributed by atoms with van der Waals surface area (Å²) >= 11 is 12.0. The maximum absolute atomic E-state index is 13.4. The van der Waals surface area contributed by atoms with E-state index in [-0.39, 0.29) is 59.3 Å². The van der Waals surface area contributed by atoms with Crippen molar-refractivity contribution in [2.75, 3.05) is 25.0 Å². The van der Waals surface area contributed by atoms with Gasteiger partial charge in [0.05, 0.1) is 22.3 Å². The highest BCUT2D eigenvalue weighted by Gasteiger charge is 2.56. The van der Waals surface area contributed by atoms with Crippen molar-refractivity contribution >= 4 is 46.9 Å². The van der Waals surface area contributed by atoms with Crippen molar-refractivity contribution in [2.45, 2.75) is 24.4 Å². The Labute approximate surface area is 193 Å². The summed E-state index contributed by atoms with van der Waals surface area (Å²) in [6.07, 6.45) is 0.744. The molecule has 2 heterocycles. The number of benzene rings is 2. The molecule has 2 aliphatic heterocycles. The largest absolute Gasteiger partial charge is 0.327 e. The third kappa shape index (κ3) is 3.57. The fourth-order valence-corrected chi connectivity index (χ4v) is 5.03. The molecular formula is C22H19Cl2FN4O3. The maximum atomic E-state index is 13.4. The van der Waals surface area contributed by atoms with Crippen LogP contribution >= 0.6 is 23.2 Å². The lowest BCUT2D eigenvalue weighted by atomic mass is 10.1. The van der Waals surface area contributed by atoms with E-state index in [1.165, 1.54) is 14.7 Å². The SMILES string of the molecule is O=C(Nc1c(Cl)cc(F)cc1Cl)N1CCN2C(=O)N(C3CC3c3ccccc3)C(=O)C2C1. The average Bonchev–Trinajstić information content (AvgIpc) is 3.52. The summed E-state index contributed by atoms with van der Waals surface area (Å²) in [5.74, 6) is -0.753. The van der Waals surface area contributed by atoms with E-state index in [0.717, 1.165) is 24.1 Å². The molecule has 0 bridgehead atoms. The number of urea groups is 2. The van der Waals surface area contributed by atoms with Crippen LogP contribution in [0.25, 0.3) is 0 Å². The van der Waals surface area contributed by atoms with Crippen molar-refractivity contribution in [3.63, 3.8) is 0 Å². The fourth-order valence-electron chi connectivity index (χ4n) is 4.48. The Hall–Kier alpha value is -2.84. The summed E-state index contributed by atoms with van der Waals surface area (Å²) in [7, 11) is 0. The van der Waals surface area contributed by atoms with Gasteiger partial charge in [0.25, 0.3) is 5.91 Å². The van der Waals surface area contributed by atoms with E-state index < -0.39 is 17.9 Å². The number of rotatable bonds is 3. The Bertz CT molecular complexity index is 1090. The van der Waals surface area contributed by atoms with E-state index in [4.69, 9.17) is 23.2 Å². The lowest BCUT2D eigenvalue weighted by Gasteiger charge is -2.35. The van der Waals surface area contributed by atoms with Crippen molar-refractivity contribution in [3.8, 4) is 0 Å². The highest BCUT2D eigenvalue weighted by Crippen LogP contribution is 2.47. The van der Waals surface area contributed by atoms with Gasteiger partial charge in [0, 0.05) is 25.0 Å². The molecule has 2 aromatic rings. The van der Waals surface area contributed by atoms with Crippen molar-refractivity contribution in [1.29, 1.82) is 0 Å². The van der Waals surface area contributed by atoms with Crippen LogP contribution in [0.4, 0.5) is 19.7 Å². The second kappa shape index (κ2) is 7.94. The lowest BCUT2D eigenvalue weighted by Crippen LogP contribution is -2.55. The van der Waals surface area contributed by atoms with Gasteiger partial charge in [-0.15, -0.1) is 0 Å². The molecule has 3 atom stereocenters. The second-order valence-electron chi connectivity index (χ2n) is 8.14. The highest BCUT2D eigenvalue weighted by atomic mass is 35.5. The van der Waals surface area contributed by atoms with E-state index in [9.17, 15) is 18.8 Å². The molecule has 0 aromatic heterocycles. The number of nitrogens with one attached hydrogen (secondary N) is 1. The predicted octanol–water partition coefficient (Wildman–Crippen LogP) is 4.17. The molecule has 1 aliphatic carbocycles. The molecule has 32 heavy (non-hydrogen) atoms. The second-order valence-corrected chi connectivity index (χ2v) is 8.96. The zero-order chi connectivity index (χ0) is 22.6. The molecule has 2 aromatic carbocycles. The number of amides is 5. The zero-order valence-electron chi connectivity index (χ0n) is 16.8. The van der Waals surface area contributed by atoms with Crippen LogP contribution in [-0.2, 0) is 4.79 Å². The van der Waals surface area contributed by atoms with Gasteiger partial charge in [0.15, 0.2) is 0 Å². The first kappa shape index (κ1) is 21.0. The number of hydrogen-bond acceptors (Lipinski definition) is 3. The molecule has 1 saturated carbocycles. The van der Waals surface area contributed by atoms with Gasteiger partial charge in [-0.2, -0.15) is 0 Å². The quantitative estimate of drug-likeness (QED) is 0.675. The number of nitrogens with zero attached hydrogens (tertiary/aromatic N) is 3. The topological polar surface area (TPSA) is 73.0 Å². The van der Waals surface area contributed by atoms with E-state index in [2.05, 4.69) is 5.32 Å². The minimum atomic E-state index is -0.724. The first-order valence-corrected chi connectivity index (χ1v) is 11.0. The number of anilines is 1. The third-order valence-corrected chi connectivity index (χ3v) is 6.79. The van der Waals surface area contributed by atoms with Crippen LogP contribution in [0.15, 0.2) is 42.5 Å². The van der Waals surface area contributed by atoms with Gasteiger partial charge < -0.3 is 15.1 Å². The maximum Gasteiger partial charge on any atom is 0.327 e. The van der Waals surface area contributed by atoms with Crippen molar-refractivity contribution in [2.24, 2.45) is 0 Å². The average molecular weight is 477 g/mol. The molecule has 5 amide bonds. The minimum Gasteiger partial charge on any atom is -0.320 e. The number of carbonyl (C=O) groups is 3. The standard InChI is InChI=1S/C22H19Cl2FN4O3/c23-15-8-13(25)9-16(24)19(15)26-21(31)27-6-7-28-18(11-27)20(30)29(22(28)32)17-10-14(17)12-4-2-1-3-5-12/h1-5,8-9,14,17-18H,6-7,10-11H2,(H,26,31). The van der Waals surface area contributed by atoms with E-state index in [0.29, 0.717) is 0 Å². The van der Waals surface area contributed by atoms with Crippen LogP contribution in [-0.4, -0.2) is 64.4 Å². The van der Waals surface area contributed by atoms with Crippen LogP contribution in [0.1, 0.15) is 17.9 Å². The van der Waals surface area contributed by atoms with Gasteiger partial charge in [-0.05, 0) is 24.1 Å². The Morgan fingerprint density at radius 2 is 1.75 bits per heavy atom. The van der Waals surface area contributed by atoms with Gasteiger partial charge >= 0.3 is 12.1 Å². The molecular weight excluding hydrogens is 458 g/mol. The first-order chi connectivity index (χ1) is 15.3. The van der Waals surface area contributed by atoms with Crippen molar-refractivity contribution in [1.82, 2.24) is 14.7 Å². The van der Waals surface area contributed by atoms with Crippen LogP contribution in [0.5, 0.6) is 0 Å². The summed E-state index contributed by atoms with van der Waals surface area (Å²) in [5, 5.41) is 2.53. The van der Waals surface area contributed by atoms with Crippen molar-refractivity contribution in [3.05, 3.63) is 63.9 Å². The van der Waals surface area contributed by atoms with Gasteiger partial charge in [0.1, 0.15) is 11.9 Å². The van der Waals surface area contributed by atoms with Crippen LogP contribution < -0.4 is 5.32 Å². The Kier molecular flexibility index (Phi) is 5.22. The van der Waals surface area contributed by atoms with Gasteiger partial charge in [0.2, 0.25) is 0 Å². The van der Waals surface area contributed by atoms with Crippen molar-refractivity contribution < 1.29 is 18.8 Å². The molecule has 0 radical (unpaired) electrons. The van der Waals surface area contributed by atoms with E-state index in [1.54, 1.807) is 0 Å². The predicted molar refractivity (Wildman–Crippen MR) is 117 cm³/mol. The van der Waals surface area contributed by atoms with Gasteiger partial charge in [-0.25, -0.2) is 14.0 Å². The molecule has 10 heteroatoms. The monoisotopic (exact) mass is 476 g/mol. The Morgan fingerprint density at radius 3 is 2.44 bits per heavy atom. The van der Waals surface area contributed by atoms with Crippen LogP contribution in [0, 0.1) is 5.82 Å². The van der Waals surface area contributed by atoms with Gasteiger partial charge in [-0.3, -0.25) is 9.69 Å². The molecule has 3 unspecified atom stereocenters. The number of halogens is 3. The van der Waals surface area contributed by atoms with Crippen LogP contribution in [0.2, 0.25) is 10.0 Å². The van der Waals surface area contributed by atoms with Gasteiger partial charge in [-0.1, -0.05) is 53.5 Å². The van der Waals surface area contributed by atoms with E-state index in [1.807, 2.05) is 30.3 Å². The summed E-state index contributed by atoms with van der Waals surface area (Å²) in [6, 6.07) is 10.2. The molecule has 2 saturated heterocycles. The molecule has 0 spiro atoms. The van der Waals surface area contributed by atoms with Crippen LogP contribution in [0.3, 0.4) is 0 Å². The smallest absolute Gasteiger partial charge is 0.320 e. The Morgan fingerprint density at radius 1 is 1.06 bits per heavy atom. The summed E-state index contributed by atoms with van der Waals surface area (Å²) in [4.78, 5) is 43.1. The normalized spacial score (nSPS) is 24.6. The zero-order valence-corrected chi connectivity index (χ0v) is 18.3. The summed E-state index contributed by atoms with van der Waals surface area (Å²) < 4.78 is 13.4. The summed E-state index contributed by atoms with van der Waals surface area (Å²) in [6.45, 7) is 0.553. The molecule has 1 N–H and O–H groups in total. The molecule has 166 valence electrons. The minimum absolute atomic E-state index is 0.0269. The lowest BCUT2D eigenvalue weighted by molar-refractivity contribution is -0.129. The van der Waals surface area contributed by atoms with E-state index >= 15 is 0 Å². The molecule has 5 rings (SSSR count). The number of fused-ring (bicyclic) bond motifs is 1. The Balaban J connectivity index is 1.28. The first-order valence-electron chi connectivity index (χ1n) is 10.2. The molecule has 3 fully saturated rings. The molecule has 3 aliphatic rings. The number of piperazine rings is 1. The fraction of sp³-hybridized carbons (Fsp3) is 0.318. The third-order valence-electron chi connectivity index (χ3n) is 6.20. The highest BCUT2D eigenvalue weighted by molar-refractivity contribution is 6.39. The number of carbonyl (C=O) groups excluding carboxylic acids is 3. The number of imide groups is 1. The summed E-state index contributed by atoms with van der Waals surface area (Å²) in [5.41, 5.74) is 1.21. The molecule has 7 nitrogen and oxygen atoms in total. The number of hydrogen-bond donors (Lipinski definition) is 1.